The van der Waals surface area contributed by atoms with Gasteiger partial charge in [-0.25, -0.2) is 4.39 Å². The quantitative estimate of drug-likeness (QED) is 0.803. The van der Waals surface area contributed by atoms with Crippen LogP contribution in [0.4, 0.5) is 10.1 Å². The molecule has 1 aromatic rings. The molecule has 1 N–H and O–H groups in total. The van der Waals surface area contributed by atoms with Crippen LogP contribution in [0, 0.1) is 11.2 Å². The van der Waals surface area contributed by atoms with Gasteiger partial charge in [0.2, 0.25) is 0 Å². The molecule has 3 heteroatoms. The van der Waals surface area contributed by atoms with Gasteiger partial charge in [-0.3, -0.25) is 0 Å². The summed E-state index contributed by atoms with van der Waals surface area (Å²) in [6.07, 6.45) is 7.56. The summed E-state index contributed by atoms with van der Waals surface area (Å²) >= 11 is 0. The van der Waals surface area contributed by atoms with Crippen molar-refractivity contribution in [2.75, 3.05) is 31.1 Å². The molecule has 0 spiro atoms. The molecule has 1 aromatic carbocycles. The first-order chi connectivity index (χ1) is 10.2. The van der Waals surface area contributed by atoms with Gasteiger partial charge in [0.15, 0.2) is 0 Å². The van der Waals surface area contributed by atoms with E-state index in [4.69, 9.17) is 0 Å². The van der Waals surface area contributed by atoms with Gasteiger partial charge in [0.25, 0.3) is 0 Å². The molecular formula is C18H27FN2. The summed E-state index contributed by atoms with van der Waals surface area (Å²) in [5.74, 6) is -0.106. The summed E-state index contributed by atoms with van der Waals surface area (Å²) < 4.78 is 13.6. The first-order valence-electron chi connectivity index (χ1n) is 8.47. The van der Waals surface area contributed by atoms with E-state index in [2.05, 4.69) is 17.1 Å². The Balaban J connectivity index is 1.71. The molecule has 1 aliphatic carbocycles. The number of nitrogens with one attached hydrogen (secondary N) is 1. The van der Waals surface area contributed by atoms with Crippen molar-refractivity contribution < 1.29 is 4.39 Å². The molecule has 0 aromatic heterocycles. The SMILES string of the molecule is CCCNCC1(CN2CCc3ccc(F)cc32)CCCC1. The maximum Gasteiger partial charge on any atom is 0.125 e. The molecule has 1 fully saturated rings. The molecule has 116 valence electrons. The van der Waals surface area contributed by atoms with Gasteiger partial charge in [-0.05, 0) is 49.9 Å². The van der Waals surface area contributed by atoms with E-state index in [1.54, 1.807) is 12.1 Å². The molecule has 0 radical (unpaired) electrons. The third-order valence-corrected chi connectivity index (χ3v) is 5.16. The first kappa shape index (κ1) is 14.8. The fraction of sp³-hybridized carbons (Fsp3) is 0.667. The van der Waals surface area contributed by atoms with Gasteiger partial charge in [-0.2, -0.15) is 0 Å². The average molecular weight is 290 g/mol. The van der Waals surface area contributed by atoms with Crippen molar-refractivity contribution in [3.63, 3.8) is 0 Å². The zero-order valence-corrected chi connectivity index (χ0v) is 13.1. The van der Waals surface area contributed by atoms with E-state index in [0.717, 1.165) is 38.3 Å². The van der Waals surface area contributed by atoms with Crippen LogP contribution in [0.3, 0.4) is 0 Å². The molecule has 0 unspecified atom stereocenters. The molecule has 0 amide bonds. The Morgan fingerprint density at radius 1 is 1.29 bits per heavy atom. The Kier molecular flexibility index (Phi) is 4.48. The van der Waals surface area contributed by atoms with Crippen molar-refractivity contribution in [2.45, 2.75) is 45.4 Å². The van der Waals surface area contributed by atoms with Crippen LogP contribution in [0.15, 0.2) is 18.2 Å². The minimum Gasteiger partial charge on any atom is -0.370 e. The summed E-state index contributed by atoms with van der Waals surface area (Å²) in [6.45, 7) is 6.57. The Hall–Kier alpha value is -1.09. The maximum atomic E-state index is 13.6. The molecule has 0 saturated heterocycles. The minimum atomic E-state index is -0.106. The van der Waals surface area contributed by atoms with Crippen LogP contribution in [0.2, 0.25) is 0 Å². The van der Waals surface area contributed by atoms with Crippen molar-refractivity contribution in [1.82, 2.24) is 5.32 Å². The maximum absolute atomic E-state index is 13.6. The number of anilines is 1. The summed E-state index contributed by atoms with van der Waals surface area (Å²) in [5, 5.41) is 3.63. The molecular weight excluding hydrogens is 263 g/mol. The van der Waals surface area contributed by atoms with E-state index in [-0.39, 0.29) is 5.82 Å². The molecule has 2 nitrogen and oxygen atoms in total. The monoisotopic (exact) mass is 290 g/mol. The molecule has 1 heterocycles. The summed E-state index contributed by atoms with van der Waals surface area (Å²) in [6, 6.07) is 5.28. The molecule has 1 saturated carbocycles. The van der Waals surface area contributed by atoms with Crippen LogP contribution in [0.1, 0.15) is 44.6 Å². The Morgan fingerprint density at radius 3 is 2.86 bits per heavy atom. The third kappa shape index (κ3) is 3.23. The zero-order valence-electron chi connectivity index (χ0n) is 13.1. The number of hydrogen-bond donors (Lipinski definition) is 1. The zero-order chi connectivity index (χ0) is 14.7. The van der Waals surface area contributed by atoms with Crippen molar-refractivity contribution in [3.8, 4) is 0 Å². The molecule has 0 bridgehead atoms. The number of halogens is 1. The first-order valence-corrected chi connectivity index (χ1v) is 8.47. The van der Waals surface area contributed by atoms with Gasteiger partial charge in [-0.15, -0.1) is 0 Å². The third-order valence-electron chi connectivity index (χ3n) is 5.16. The number of fused-ring (bicyclic) bond motifs is 1. The molecule has 0 atom stereocenters. The minimum absolute atomic E-state index is 0.106. The van der Waals surface area contributed by atoms with E-state index in [9.17, 15) is 4.39 Å². The predicted octanol–water partition coefficient (Wildman–Crippen LogP) is 3.75. The Bertz CT molecular complexity index is 480. The highest BCUT2D eigenvalue weighted by Crippen LogP contribution is 2.41. The van der Waals surface area contributed by atoms with Crippen LogP contribution in [0.25, 0.3) is 0 Å². The number of rotatable bonds is 6. The average Bonchev–Trinajstić information content (AvgIpc) is 3.08. The lowest BCUT2D eigenvalue weighted by molar-refractivity contribution is 0.285. The van der Waals surface area contributed by atoms with Crippen LogP contribution >= 0.6 is 0 Å². The fourth-order valence-electron chi connectivity index (χ4n) is 4.03. The summed E-state index contributed by atoms with van der Waals surface area (Å²) in [4.78, 5) is 2.43. The van der Waals surface area contributed by atoms with E-state index in [1.165, 1.54) is 37.7 Å². The van der Waals surface area contributed by atoms with E-state index < -0.39 is 0 Å². The Morgan fingerprint density at radius 2 is 2.10 bits per heavy atom. The Labute approximate surface area is 127 Å². The largest absolute Gasteiger partial charge is 0.370 e. The van der Waals surface area contributed by atoms with Crippen molar-refractivity contribution in [1.29, 1.82) is 0 Å². The van der Waals surface area contributed by atoms with Crippen molar-refractivity contribution in [2.24, 2.45) is 5.41 Å². The molecule has 2 aliphatic rings. The van der Waals surface area contributed by atoms with Crippen LogP contribution < -0.4 is 10.2 Å². The highest BCUT2D eigenvalue weighted by molar-refractivity contribution is 5.58. The number of benzene rings is 1. The van der Waals surface area contributed by atoms with Crippen molar-refractivity contribution in [3.05, 3.63) is 29.6 Å². The van der Waals surface area contributed by atoms with Gasteiger partial charge in [0.05, 0.1) is 0 Å². The normalized spacial score (nSPS) is 20.0. The lowest BCUT2D eigenvalue weighted by Gasteiger charge is -2.35. The van der Waals surface area contributed by atoms with Crippen LogP contribution in [0.5, 0.6) is 0 Å². The second-order valence-electron chi connectivity index (χ2n) is 6.83. The molecule has 21 heavy (non-hydrogen) atoms. The second-order valence-corrected chi connectivity index (χ2v) is 6.83. The molecule has 3 rings (SSSR count). The van der Waals surface area contributed by atoms with Gasteiger partial charge in [-0.1, -0.05) is 25.8 Å². The second kappa shape index (κ2) is 6.35. The van der Waals surface area contributed by atoms with Gasteiger partial charge in [0.1, 0.15) is 5.82 Å². The highest BCUT2D eigenvalue weighted by atomic mass is 19.1. The topological polar surface area (TPSA) is 15.3 Å². The lowest BCUT2D eigenvalue weighted by Crippen LogP contribution is -2.42. The van der Waals surface area contributed by atoms with E-state index >= 15 is 0 Å². The van der Waals surface area contributed by atoms with Crippen molar-refractivity contribution >= 4 is 5.69 Å². The van der Waals surface area contributed by atoms with Crippen LogP contribution in [-0.2, 0) is 6.42 Å². The predicted molar refractivity (Wildman–Crippen MR) is 86.4 cm³/mol. The number of hydrogen-bond acceptors (Lipinski definition) is 2. The van der Waals surface area contributed by atoms with Gasteiger partial charge >= 0.3 is 0 Å². The summed E-state index contributed by atoms with van der Waals surface area (Å²) in [5.41, 5.74) is 2.84. The smallest absolute Gasteiger partial charge is 0.125 e. The van der Waals surface area contributed by atoms with Crippen LogP contribution in [-0.4, -0.2) is 26.2 Å². The van der Waals surface area contributed by atoms with E-state index in [0.29, 0.717) is 5.41 Å². The van der Waals surface area contributed by atoms with E-state index in [1.807, 2.05) is 6.07 Å². The van der Waals surface area contributed by atoms with Gasteiger partial charge in [0, 0.05) is 30.7 Å². The molecule has 1 aliphatic heterocycles. The summed E-state index contributed by atoms with van der Waals surface area (Å²) in [7, 11) is 0. The fourth-order valence-corrected chi connectivity index (χ4v) is 4.03. The van der Waals surface area contributed by atoms with Gasteiger partial charge < -0.3 is 10.2 Å². The standard InChI is InChI=1S/C18H27FN2/c1-2-10-20-13-18(8-3-4-9-18)14-21-11-7-15-5-6-16(19)12-17(15)21/h5-6,12,20H,2-4,7-11,13-14H2,1H3. The highest BCUT2D eigenvalue weighted by Gasteiger charge is 2.36. The lowest BCUT2D eigenvalue weighted by atomic mass is 9.85. The number of nitrogens with zero attached hydrogens (tertiary/aromatic N) is 1.